The van der Waals surface area contributed by atoms with Crippen LogP contribution in [0.3, 0.4) is 0 Å². The molecule has 0 aromatic carbocycles. The highest BCUT2D eigenvalue weighted by Crippen LogP contribution is 2.43. The molecule has 0 rings (SSSR count). The zero-order valence-electron chi connectivity index (χ0n) is 42.6. The quantitative estimate of drug-likeness (QED) is 0.0264. The Morgan fingerprint density at radius 3 is 1.22 bits per heavy atom. The van der Waals surface area contributed by atoms with Gasteiger partial charge in [0.25, 0.3) is 0 Å². The number of carbonyl (C=O) groups excluding carboxylic acids is 2. The Labute approximate surface area is 410 Å². The van der Waals surface area contributed by atoms with Crippen LogP contribution in [0.15, 0.2) is 97.2 Å². The van der Waals surface area contributed by atoms with Crippen molar-refractivity contribution in [2.45, 2.75) is 225 Å². The minimum atomic E-state index is -4.39. The van der Waals surface area contributed by atoms with Gasteiger partial charge in [-0.15, -0.1) is 0 Å². The van der Waals surface area contributed by atoms with Gasteiger partial charge in [-0.05, 0) is 96.3 Å². The molecule has 67 heavy (non-hydrogen) atoms. The minimum absolute atomic E-state index is 0.0466. The zero-order valence-corrected chi connectivity index (χ0v) is 43.5. The van der Waals surface area contributed by atoms with E-state index in [1.54, 1.807) is 0 Å². The Morgan fingerprint density at radius 1 is 0.463 bits per heavy atom. The maximum Gasteiger partial charge on any atom is 0.472 e. The Bertz CT molecular complexity index is 1410. The molecule has 0 aromatic rings. The van der Waals surface area contributed by atoms with Gasteiger partial charge in [0.05, 0.1) is 13.2 Å². The lowest BCUT2D eigenvalue weighted by molar-refractivity contribution is -0.161. The summed E-state index contributed by atoms with van der Waals surface area (Å²) < 4.78 is 33.0. The van der Waals surface area contributed by atoms with Crippen molar-refractivity contribution in [3.63, 3.8) is 0 Å². The first-order chi connectivity index (χ1) is 32.8. The molecular formula is C57H98NO8P. The van der Waals surface area contributed by atoms with Gasteiger partial charge in [0.1, 0.15) is 6.61 Å². The van der Waals surface area contributed by atoms with Crippen molar-refractivity contribution in [2.24, 2.45) is 5.73 Å². The Hall–Kier alpha value is -3.07. The Morgan fingerprint density at radius 2 is 0.821 bits per heavy atom. The molecule has 3 N–H and O–H groups in total. The molecule has 2 atom stereocenters. The predicted octanol–water partition coefficient (Wildman–Crippen LogP) is 16.5. The fraction of sp³-hybridized carbons (Fsp3) is 0.684. The van der Waals surface area contributed by atoms with Crippen molar-refractivity contribution in [3.8, 4) is 0 Å². The average molecular weight is 956 g/mol. The van der Waals surface area contributed by atoms with Gasteiger partial charge in [-0.1, -0.05) is 207 Å². The van der Waals surface area contributed by atoms with Crippen molar-refractivity contribution in [1.82, 2.24) is 0 Å². The van der Waals surface area contributed by atoms with Gasteiger partial charge in [-0.25, -0.2) is 4.57 Å². The van der Waals surface area contributed by atoms with E-state index >= 15 is 0 Å². The van der Waals surface area contributed by atoms with Crippen LogP contribution in [-0.2, 0) is 32.7 Å². The fourth-order valence-corrected chi connectivity index (χ4v) is 7.79. The number of nitrogens with two attached hydrogens (primary N) is 1. The molecule has 0 saturated carbocycles. The second kappa shape index (κ2) is 52.3. The number of carbonyl (C=O) groups is 2. The van der Waals surface area contributed by atoms with Crippen LogP contribution in [0.5, 0.6) is 0 Å². The standard InChI is InChI=1S/C57H98NO8P/c1-3-5-7-9-11-13-15-17-19-21-23-24-25-26-27-28-29-30-32-34-36-38-40-42-44-46-48-50-57(60)66-55(54-65-67(61,62)64-52-51-58)53-63-56(59)49-47-45-43-41-39-37-35-33-31-22-20-18-16-14-12-10-8-6-4-2/h5,7,11-14,17-20,23-24,26-27,29-30,55H,3-4,6,8-10,15-16,21-22,25,28,31-54,58H2,1-2H3,(H,61,62)/b7-5-,13-11-,14-12-,19-17-,20-18-,24-23-,27-26-,30-29-. The average Bonchev–Trinajstić information content (AvgIpc) is 3.32. The van der Waals surface area contributed by atoms with E-state index in [9.17, 15) is 19.0 Å². The molecule has 0 heterocycles. The molecule has 10 heteroatoms. The highest BCUT2D eigenvalue weighted by atomic mass is 31.2. The summed E-state index contributed by atoms with van der Waals surface area (Å²) in [5.74, 6) is -0.846. The number of unbranched alkanes of at least 4 members (excludes halogenated alkanes) is 20. The van der Waals surface area contributed by atoms with Crippen LogP contribution in [0.1, 0.15) is 219 Å². The number of phosphoric acid groups is 1. The van der Waals surface area contributed by atoms with Gasteiger partial charge < -0.3 is 20.1 Å². The van der Waals surface area contributed by atoms with Crippen LogP contribution in [0.4, 0.5) is 0 Å². The van der Waals surface area contributed by atoms with Crippen LogP contribution in [-0.4, -0.2) is 49.3 Å². The van der Waals surface area contributed by atoms with E-state index < -0.39 is 32.5 Å². The molecule has 9 nitrogen and oxygen atoms in total. The van der Waals surface area contributed by atoms with E-state index in [-0.39, 0.29) is 32.6 Å². The SMILES string of the molecule is CC/C=C\C/C=C\C/C=C\C/C=C\C/C=C\C/C=C\CCCCCCCCCCC(=O)OC(COC(=O)CCCCCCCCCCC/C=C\C/C=C\CCCCC)COP(=O)(O)OCCN. The minimum Gasteiger partial charge on any atom is -0.462 e. The van der Waals surface area contributed by atoms with Crippen molar-refractivity contribution in [2.75, 3.05) is 26.4 Å². The molecule has 2 unspecified atom stereocenters. The molecule has 384 valence electrons. The van der Waals surface area contributed by atoms with Crippen molar-refractivity contribution in [1.29, 1.82) is 0 Å². The van der Waals surface area contributed by atoms with E-state index in [4.69, 9.17) is 24.3 Å². The first kappa shape index (κ1) is 63.9. The summed E-state index contributed by atoms with van der Waals surface area (Å²) >= 11 is 0. The van der Waals surface area contributed by atoms with E-state index in [0.29, 0.717) is 6.42 Å². The molecule has 0 aromatic heterocycles. The largest absolute Gasteiger partial charge is 0.472 e. The maximum absolute atomic E-state index is 12.7. The lowest BCUT2D eigenvalue weighted by atomic mass is 10.1. The van der Waals surface area contributed by atoms with Gasteiger partial charge in [-0.3, -0.25) is 18.6 Å². The van der Waals surface area contributed by atoms with E-state index in [1.165, 1.54) is 83.5 Å². The van der Waals surface area contributed by atoms with Crippen molar-refractivity contribution < 1.29 is 37.6 Å². The number of esters is 2. The molecule has 0 aliphatic heterocycles. The topological polar surface area (TPSA) is 134 Å². The summed E-state index contributed by atoms with van der Waals surface area (Å²) in [6, 6.07) is 0. The van der Waals surface area contributed by atoms with Crippen molar-refractivity contribution >= 4 is 19.8 Å². The third-order valence-electron chi connectivity index (χ3n) is 11.0. The number of allylic oxidation sites excluding steroid dienone is 16. The molecule has 0 aliphatic carbocycles. The molecule has 0 bridgehead atoms. The third kappa shape index (κ3) is 52.2. The summed E-state index contributed by atoms with van der Waals surface area (Å²) in [7, 11) is -4.39. The van der Waals surface area contributed by atoms with Gasteiger partial charge >= 0.3 is 19.8 Å². The van der Waals surface area contributed by atoms with E-state index in [0.717, 1.165) is 103 Å². The predicted molar refractivity (Wildman–Crippen MR) is 284 cm³/mol. The lowest BCUT2D eigenvalue weighted by Crippen LogP contribution is -2.29. The summed E-state index contributed by atoms with van der Waals surface area (Å²) in [6.45, 7) is 3.59. The normalized spacial score (nSPS) is 13.9. The zero-order chi connectivity index (χ0) is 48.8. The molecule has 0 spiro atoms. The number of ether oxygens (including phenoxy) is 2. The second-order valence-corrected chi connectivity index (χ2v) is 18.8. The van der Waals surface area contributed by atoms with Crippen LogP contribution in [0.2, 0.25) is 0 Å². The fourth-order valence-electron chi connectivity index (χ4n) is 7.02. The Kier molecular flexibility index (Phi) is 49.9. The third-order valence-corrected chi connectivity index (χ3v) is 11.9. The molecule has 0 amide bonds. The first-order valence-electron chi connectivity index (χ1n) is 26.7. The molecule has 0 fully saturated rings. The van der Waals surface area contributed by atoms with Gasteiger partial charge in [0.2, 0.25) is 0 Å². The number of hydrogen-bond acceptors (Lipinski definition) is 8. The van der Waals surface area contributed by atoms with Gasteiger partial charge in [-0.2, -0.15) is 0 Å². The van der Waals surface area contributed by atoms with Crippen LogP contribution in [0, 0.1) is 0 Å². The number of phosphoric ester groups is 1. The molecule has 0 saturated heterocycles. The van der Waals surface area contributed by atoms with E-state index in [2.05, 4.69) is 111 Å². The lowest BCUT2D eigenvalue weighted by Gasteiger charge is -2.19. The van der Waals surface area contributed by atoms with Crippen molar-refractivity contribution in [3.05, 3.63) is 97.2 Å². The van der Waals surface area contributed by atoms with Gasteiger partial charge in [0, 0.05) is 19.4 Å². The summed E-state index contributed by atoms with van der Waals surface area (Å²) in [5, 5.41) is 0. The second-order valence-electron chi connectivity index (χ2n) is 17.4. The highest BCUT2D eigenvalue weighted by molar-refractivity contribution is 7.47. The smallest absolute Gasteiger partial charge is 0.462 e. The monoisotopic (exact) mass is 956 g/mol. The number of rotatable bonds is 49. The summed E-state index contributed by atoms with van der Waals surface area (Å²) in [5.41, 5.74) is 5.37. The molecule has 0 aliphatic rings. The highest BCUT2D eigenvalue weighted by Gasteiger charge is 2.26. The Balaban J connectivity index is 4.08. The maximum atomic E-state index is 12.7. The van der Waals surface area contributed by atoms with E-state index in [1.807, 2.05) is 0 Å². The number of hydrogen-bond donors (Lipinski definition) is 2. The molecule has 0 radical (unpaired) electrons. The van der Waals surface area contributed by atoms with Gasteiger partial charge in [0.15, 0.2) is 6.10 Å². The van der Waals surface area contributed by atoms with Crippen LogP contribution in [0.25, 0.3) is 0 Å². The first-order valence-corrected chi connectivity index (χ1v) is 28.2. The summed E-state index contributed by atoms with van der Waals surface area (Å²) in [4.78, 5) is 35.1. The van der Waals surface area contributed by atoms with Crippen LogP contribution < -0.4 is 5.73 Å². The summed E-state index contributed by atoms with van der Waals surface area (Å²) in [6.07, 6.45) is 68.7. The molecular weight excluding hydrogens is 858 g/mol. The van der Waals surface area contributed by atoms with Crippen LogP contribution >= 0.6 is 7.82 Å².